The van der Waals surface area contributed by atoms with Crippen LogP contribution < -0.4 is 0 Å². The number of hydrogen-bond donors (Lipinski definition) is 3. The highest BCUT2D eigenvalue weighted by Gasteiger charge is 2.14. The Morgan fingerprint density at radius 3 is 2.43 bits per heavy atom. The van der Waals surface area contributed by atoms with Crippen molar-refractivity contribution in [3.63, 3.8) is 0 Å². The summed E-state index contributed by atoms with van der Waals surface area (Å²) >= 11 is 8.55. The molecular weight excluding hydrogens is 216 g/mol. The van der Waals surface area contributed by atoms with E-state index in [1.165, 1.54) is 0 Å². The van der Waals surface area contributed by atoms with Gasteiger partial charge in [-0.3, -0.25) is 0 Å². The van der Waals surface area contributed by atoms with Crippen molar-refractivity contribution in [2.75, 3.05) is 0 Å². The predicted molar refractivity (Wildman–Crippen MR) is 62.0 cm³/mol. The van der Waals surface area contributed by atoms with E-state index in [4.69, 9.17) is 5.11 Å². The second-order valence-corrected chi connectivity index (χ2v) is 3.97. The zero-order valence-electron chi connectivity index (χ0n) is 8.03. The van der Waals surface area contributed by atoms with E-state index >= 15 is 0 Å². The van der Waals surface area contributed by atoms with E-state index in [1.807, 2.05) is 13.8 Å². The standard InChI is InChI=1S/C10H12O2S2/c1-3-6-8(13)5(2)4-7(9(6)14)10(11)12/h4,13-14H,3H2,1-2H3,(H,11,12). The molecule has 0 aliphatic carbocycles. The molecule has 0 spiro atoms. The summed E-state index contributed by atoms with van der Waals surface area (Å²) in [6.07, 6.45) is 0.736. The molecule has 1 aromatic carbocycles. The first-order valence-electron chi connectivity index (χ1n) is 4.26. The molecule has 0 aliphatic heterocycles. The smallest absolute Gasteiger partial charge is 0.336 e. The molecule has 0 atom stereocenters. The van der Waals surface area contributed by atoms with Gasteiger partial charge in [0.25, 0.3) is 0 Å². The van der Waals surface area contributed by atoms with Gasteiger partial charge in [0.1, 0.15) is 0 Å². The van der Waals surface area contributed by atoms with Crippen LogP contribution >= 0.6 is 25.3 Å². The molecule has 4 heteroatoms. The van der Waals surface area contributed by atoms with Gasteiger partial charge in [0.05, 0.1) is 5.56 Å². The van der Waals surface area contributed by atoms with Crippen molar-refractivity contribution in [2.24, 2.45) is 0 Å². The van der Waals surface area contributed by atoms with Gasteiger partial charge in [0, 0.05) is 9.79 Å². The maximum Gasteiger partial charge on any atom is 0.336 e. The molecule has 14 heavy (non-hydrogen) atoms. The zero-order valence-corrected chi connectivity index (χ0v) is 9.82. The molecule has 0 aromatic heterocycles. The van der Waals surface area contributed by atoms with Crippen LogP contribution in [0.1, 0.15) is 28.4 Å². The summed E-state index contributed by atoms with van der Waals surface area (Å²) in [5.41, 5.74) is 2.02. The van der Waals surface area contributed by atoms with Gasteiger partial charge in [-0.2, -0.15) is 0 Å². The van der Waals surface area contributed by atoms with E-state index in [1.54, 1.807) is 6.07 Å². The molecule has 0 saturated heterocycles. The minimum Gasteiger partial charge on any atom is -0.478 e. The Labute approximate surface area is 94.2 Å². The first-order valence-corrected chi connectivity index (χ1v) is 5.16. The van der Waals surface area contributed by atoms with Crippen molar-refractivity contribution in [1.82, 2.24) is 0 Å². The first kappa shape index (κ1) is 11.5. The molecule has 1 N–H and O–H groups in total. The molecule has 0 bridgehead atoms. The van der Waals surface area contributed by atoms with Crippen LogP contribution in [0.15, 0.2) is 15.9 Å². The van der Waals surface area contributed by atoms with E-state index in [0.29, 0.717) is 4.90 Å². The van der Waals surface area contributed by atoms with Gasteiger partial charge in [-0.25, -0.2) is 4.79 Å². The highest BCUT2D eigenvalue weighted by Crippen LogP contribution is 2.29. The van der Waals surface area contributed by atoms with Gasteiger partial charge in [-0.15, -0.1) is 25.3 Å². The van der Waals surface area contributed by atoms with Gasteiger partial charge < -0.3 is 5.11 Å². The molecule has 0 fully saturated rings. The van der Waals surface area contributed by atoms with Crippen LogP contribution in [0.5, 0.6) is 0 Å². The van der Waals surface area contributed by atoms with Crippen molar-refractivity contribution < 1.29 is 9.90 Å². The van der Waals surface area contributed by atoms with Crippen LogP contribution in [0, 0.1) is 6.92 Å². The molecule has 0 amide bonds. The van der Waals surface area contributed by atoms with E-state index in [-0.39, 0.29) is 5.56 Å². The summed E-state index contributed by atoms with van der Waals surface area (Å²) < 4.78 is 0. The van der Waals surface area contributed by atoms with Crippen molar-refractivity contribution in [3.05, 3.63) is 22.8 Å². The van der Waals surface area contributed by atoms with Gasteiger partial charge in [0.2, 0.25) is 0 Å². The lowest BCUT2D eigenvalue weighted by molar-refractivity contribution is 0.0692. The molecule has 1 aromatic rings. The molecule has 0 heterocycles. The van der Waals surface area contributed by atoms with Crippen molar-refractivity contribution in [2.45, 2.75) is 30.1 Å². The number of benzene rings is 1. The second kappa shape index (κ2) is 4.28. The fraction of sp³-hybridized carbons (Fsp3) is 0.300. The molecule has 0 radical (unpaired) electrons. The fourth-order valence-electron chi connectivity index (χ4n) is 1.36. The van der Waals surface area contributed by atoms with Gasteiger partial charge in [-0.05, 0) is 30.5 Å². The normalized spacial score (nSPS) is 10.3. The number of aromatic carboxylic acids is 1. The average molecular weight is 228 g/mol. The maximum absolute atomic E-state index is 10.9. The lowest BCUT2D eigenvalue weighted by Crippen LogP contribution is -2.03. The number of carboxylic acid groups (broad SMARTS) is 1. The van der Waals surface area contributed by atoms with Crippen molar-refractivity contribution in [1.29, 1.82) is 0 Å². The van der Waals surface area contributed by atoms with Crippen molar-refractivity contribution >= 4 is 31.2 Å². The highest BCUT2D eigenvalue weighted by molar-refractivity contribution is 7.81. The summed E-state index contributed by atoms with van der Waals surface area (Å²) in [6, 6.07) is 1.60. The molecular formula is C10H12O2S2. The lowest BCUT2D eigenvalue weighted by Gasteiger charge is -2.11. The quantitative estimate of drug-likeness (QED) is 0.681. The van der Waals surface area contributed by atoms with E-state index in [0.717, 1.165) is 22.4 Å². The third-order valence-electron chi connectivity index (χ3n) is 2.15. The largest absolute Gasteiger partial charge is 0.478 e. The summed E-state index contributed by atoms with van der Waals surface area (Å²) in [5.74, 6) is -0.943. The molecule has 0 saturated carbocycles. The van der Waals surface area contributed by atoms with Crippen LogP contribution in [0.25, 0.3) is 0 Å². The number of aryl methyl sites for hydroxylation is 1. The average Bonchev–Trinajstić information content (AvgIpc) is 2.12. The van der Waals surface area contributed by atoms with Gasteiger partial charge in [-0.1, -0.05) is 6.92 Å². The Balaban J connectivity index is 3.50. The van der Waals surface area contributed by atoms with Gasteiger partial charge in [0.15, 0.2) is 0 Å². The second-order valence-electron chi connectivity index (χ2n) is 3.08. The Kier molecular flexibility index (Phi) is 3.50. The summed E-state index contributed by atoms with van der Waals surface area (Å²) in [6.45, 7) is 3.81. The summed E-state index contributed by atoms with van der Waals surface area (Å²) in [5, 5.41) is 8.93. The van der Waals surface area contributed by atoms with Gasteiger partial charge >= 0.3 is 5.97 Å². The summed E-state index contributed by atoms with van der Waals surface area (Å²) in [4.78, 5) is 12.2. The van der Waals surface area contributed by atoms with Crippen LogP contribution in [0.4, 0.5) is 0 Å². The highest BCUT2D eigenvalue weighted by atomic mass is 32.1. The molecule has 0 unspecified atom stereocenters. The summed E-state index contributed by atoms with van der Waals surface area (Å²) in [7, 11) is 0. The minimum atomic E-state index is -0.943. The van der Waals surface area contributed by atoms with Crippen LogP contribution in [-0.4, -0.2) is 11.1 Å². The van der Waals surface area contributed by atoms with Crippen molar-refractivity contribution in [3.8, 4) is 0 Å². The van der Waals surface area contributed by atoms with E-state index in [9.17, 15) is 4.79 Å². The van der Waals surface area contributed by atoms with Crippen LogP contribution in [0.2, 0.25) is 0 Å². The minimum absolute atomic E-state index is 0.250. The Morgan fingerprint density at radius 2 is 2.00 bits per heavy atom. The van der Waals surface area contributed by atoms with Crippen LogP contribution in [-0.2, 0) is 6.42 Å². The molecule has 0 aliphatic rings. The van der Waals surface area contributed by atoms with E-state index in [2.05, 4.69) is 25.3 Å². The van der Waals surface area contributed by atoms with Crippen LogP contribution in [0.3, 0.4) is 0 Å². The lowest BCUT2D eigenvalue weighted by atomic mass is 10.0. The number of hydrogen-bond acceptors (Lipinski definition) is 3. The first-order chi connectivity index (χ1) is 6.49. The number of carbonyl (C=O) groups is 1. The third-order valence-corrected chi connectivity index (χ3v) is 3.28. The fourth-order valence-corrected chi connectivity index (χ4v) is 2.22. The molecule has 1 rings (SSSR count). The monoisotopic (exact) mass is 228 g/mol. The molecule has 76 valence electrons. The number of carboxylic acids is 1. The Bertz CT molecular complexity index is 386. The molecule has 2 nitrogen and oxygen atoms in total. The maximum atomic E-state index is 10.9. The SMILES string of the molecule is CCc1c(S)c(C)cc(C(=O)O)c1S. The Hall–Kier alpha value is -0.610. The Morgan fingerprint density at radius 1 is 1.43 bits per heavy atom. The zero-order chi connectivity index (χ0) is 10.9. The van der Waals surface area contributed by atoms with E-state index < -0.39 is 5.97 Å². The topological polar surface area (TPSA) is 37.3 Å². The number of rotatable bonds is 2. The predicted octanol–water partition coefficient (Wildman–Crippen LogP) is 2.83. The third kappa shape index (κ3) is 1.91. The number of thiol groups is 2.